The van der Waals surface area contributed by atoms with Gasteiger partial charge < -0.3 is 14.2 Å². The largest absolute Gasteiger partial charge is 0.497 e. The van der Waals surface area contributed by atoms with Gasteiger partial charge in [-0.05, 0) is 41.0 Å². The topological polar surface area (TPSA) is 92.7 Å². The molecule has 5 aromatic rings. The number of aromatic nitrogens is 1. The Morgan fingerprint density at radius 2 is 1.48 bits per heavy atom. The quantitative estimate of drug-likeness (QED) is 0.281. The third-order valence-corrected chi connectivity index (χ3v) is 7.70. The lowest BCUT2D eigenvalue weighted by Gasteiger charge is -2.26. The first kappa shape index (κ1) is 26.8. The molecule has 8 heteroatoms. The molecular weight excluding hydrogens is 528 g/mol. The van der Waals surface area contributed by atoms with E-state index in [4.69, 9.17) is 4.74 Å². The molecule has 1 atom stereocenters. The summed E-state index contributed by atoms with van der Waals surface area (Å²) in [5.41, 5.74) is 11.1. The molecule has 0 aliphatic carbocycles. The van der Waals surface area contributed by atoms with Crippen LogP contribution < -0.4 is 15.6 Å². The summed E-state index contributed by atoms with van der Waals surface area (Å²) in [6.45, 7) is -0.238. The molecule has 8 nitrogen and oxygen atoms in total. The van der Waals surface area contributed by atoms with Crippen LogP contribution in [-0.2, 0) is 23.1 Å². The maximum atomic E-state index is 13.8. The van der Waals surface area contributed by atoms with Gasteiger partial charge in [0.25, 0.3) is 11.8 Å². The molecule has 0 bridgehead atoms. The summed E-state index contributed by atoms with van der Waals surface area (Å²) in [5.74, 6) is -0.408. The summed E-state index contributed by atoms with van der Waals surface area (Å²) >= 11 is 0. The number of nitrogens with one attached hydrogen (secondary N) is 2. The monoisotopic (exact) mass is 558 g/mol. The highest BCUT2D eigenvalue weighted by atomic mass is 16.5. The minimum Gasteiger partial charge on any atom is -0.497 e. The minimum atomic E-state index is -0.504. The summed E-state index contributed by atoms with van der Waals surface area (Å²) in [4.78, 5) is 41.1. The molecule has 0 fully saturated rings. The number of carbonyl (C=O) groups excluding carboxylic acids is 3. The van der Waals surface area contributed by atoms with Gasteiger partial charge in [0.2, 0.25) is 5.91 Å². The highest BCUT2D eigenvalue weighted by Crippen LogP contribution is 2.46. The standard InChI is InChI=1S/C34H30N4O4/c1-37-28-15-9-8-14-27(28)31(32(37)23-10-4-3-5-11-23)33-25-12-6-7-13-26(25)34(41)38(33)21-30(40)36-35-29(39)20-22-16-18-24(42-2)19-17-22/h3-19,33H,20-21H2,1-2H3,(H,35,39)(H,36,40). The van der Waals surface area contributed by atoms with Crippen molar-refractivity contribution in [1.82, 2.24) is 20.3 Å². The van der Waals surface area contributed by atoms with E-state index >= 15 is 0 Å². The number of nitrogens with zero attached hydrogens (tertiary/aromatic N) is 2. The first-order chi connectivity index (χ1) is 20.5. The number of para-hydroxylation sites is 1. The average molecular weight is 559 g/mol. The lowest BCUT2D eigenvalue weighted by molar-refractivity contribution is -0.129. The lowest BCUT2D eigenvalue weighted by atomic mass is 9.93. The SMILES string of the molecule is COc1ccc(CC(=O)NNC(=O)CN2C(=O)c3ccccc3C2c2c(-c3ccccc3)n(C)c3ccccc23)cc1. The highest BCUT2D eigenvalue weighted by molar-refractivity contribution is 6.04. The fraction of sp³-hybridized carbons (Fsp3) is 0.147. The van der Waals surface area contributed by atoms with Gasteiger partial charge in [-0.15, -0.1) is 0 Å². The molecule has 0 saturated heterocycles. The van der Waals surface area contributed by atoms with E-state index in [-0.39, 0.29) is 24.8 Å². The lowest BCUT2D eigenvalue weighted by Crippen LogP contribution is -2.47. The van der Waals surface area contributed by atoms with Crippen molar-refractivity contribution < 1.29 is 19.1 Å². The molecule has 6 rings (SSSR count). The van der Waals surface area contributed by atoms with Gasteiger partial charge in [-0.1, -0.05) is 78.9 Å². The number of amides is 3. The van der Waals surface area contributed by atoms with Crippen LogP contribution in [0.3, 0.4) is 0 Å². The third-order valence-electron chi connectivity index (χ3n) is 7.70. The van der Waals surface area contributed by atoms with Gasteiger partial charge in [-0.25, -0.2) is 0 Å². The van der Waals surface area contributed by atoms with E-state index in [0.29, 0.717) is 11.3 Å². The van der Waals surface area contributed by atoms with Crippen LogP contribution in [0.15, 0.2) is 103 Å². The zero-order chi connectivity index (χ0) is 29.2. The number of fused-ring (bicyclic) bond motifs is 2. The molecule has 0 spiro atoms. The molecule has 0 radical (unpaired) electrons. The second-order valence-corrected chi connectivity index (χ2v) is 10.2. The van der Waals surface area contributed by atoms with Gasteiger partial charge in [-0.2, -0.15) is 0 Å². The summed E-state index contributed by atoms with van der Waals surface area (Å²) in [6, 6.07) is 32.3. The van der Waals surface area contributed by atoms with Crippen LogP contribution in [0.5, 0.6) is 5.75 Å². The molecule has 210 valence electrons. The van der Waals surface area contributed by atoms with Crippen LogP contribution in [0, 0.1) is 0 Å². The zero-order valence-corrected chi connectivity index (χ0v) is 23.3. The van der Waals surface area contributed by atoms with Gasteiger partial charge in [0.15, 0.2) is 0 Å². The Labute approximate surface area is 243 Å². The van der Waals surface area contributed by atoms with E-state index in [9.17, 15) is 14.4 Å². The molecule has 2 N–H and O–H groups in total. The predicted octanol–water partition coefficient (Wildman–Crippen LogP) is 4.79. The van der Waals surface area contributed by atoms with E-state index in [1.807, 2.05) is 55.6 Å². The molecule has 2 heterocycles. The first-order valence-corrected chi connectivity index (χ1v) is 13.7. The summed E-state index contributed by atoms with van der Waals surface area (Å²) < 4.78 is 7.30. The maximum absolute atomic E-state index is 13.8. The number of benzene rings is 4. The molecule has 4 aromatic carbocycles. The van der Waals surface area contributed by atoms with Crippen LogP contribution in [0.4, 0.5) is 0 Å². The van der Waals surface area contributed by atoms with E-state index in [2.05, 4.69) is 39.7 Å². The van der Waals surface area contributed by atoms with Crippen molar-refractivity contribution in [2.24, 2.45) is 7.05 Å². The van der Waals surface area contributed by atoms with Crippen molar-refractivity contribution in [3.63, 3.8) is 0 Å². The Balaban J connectivity index is 1.31. The van der Waals surface area contributed by atoms with Crippen molar-refractivity contribution in [3.8, 4) is 17.0 Å². The van der Waals surface area contributed by atoms with Crippen LogP contribution in [0.1, 0.15) is 33.1 Å². The summed E-state index contributed by atoms with van der Waals surface area (Å²) in [6.07, 6.45) is 0.0808. The molecule has 3 amide bonds. The second kappa shape index (κ2) is 11.2. The van der Waals surface area contributed by atoms with Gasteiger partial charge in [0, 0.05) is 29.1 Å². The number of hydrazine groups is 1. The van der Waals surface area contributed by atoms with Crippen LogP contribution in [0.2, 0.25) is 0 Å². The van der Waals surface area contributed by atoms with Crippen LogP contribution in [-0.4, -0.2) is 40.8 Å². The fourth-order valence-corrected chi connectivity index (χ4v) is 5.80. The summed E-state index contributed by atoms with van der Waals surface area (Å²) in [5, 5.41) is 1.01. The summed E-state index contributed by atoms with van der Waals surface area (Å²) in [7, 11) is 3.60. The Bertz CT molecular complexity index is 1790. The molecule has 42 heavy (non-hydrogen) atoms. The number of hydrogen-bond donors (Lipinski definition) is 2. The van der Waals surface area contributed by atoms with Crippen LogP contribution >= 0.6 is 0 Å². The number of hydrogen-bond acceptors (Lipinski definition) is 4. The van der Waals surface area contributed by atoms with Gasteiger partial charge >= 0.3 is 0 Å². The van der Waals surface area contributed by atoms with Crippen LogP contribution in [0.25, 0.3) is 22.2 Å². The number of rotatable bonds is 7. The first-order valence-electron chi connectivity index (χ1n) is 13.7. The van der Waals surface area contributed by atoms with E-state index < -0.39 is 11.9 Å². The van der Waals surface area contributed by atoms with Gasteiger partial charge in [0.1, 0.15) is 12.3 Å². The fourth-order valence-electron chi connectivity index (χ4n) is 5.80. The molecule has 0 saturated carbocycles. The smallest absolute Gasteiger partial charge is 0.258 e. The normalized spacial score (nSPS) is 14.1. The van der Waals surface area contributed by atoms with Crippen molar-refractivity contribution in [2.45, 2.75) is 12.5 Å². The van der Waals surface area contributed by atoms with Crippen molar-refractivity contribution >= 4 is 28.6 Å². The van der Waals surface area contributed by atoms with Crippen molar-refractivity contribution in [2.75, 3.05) is 13.7 Å². The second-order valence-electron chi connectivity index (χ2n) is 10.2. The molecule has 1 aromatic heterocycles. The Morgan fingerprint density at radius 3 is 2.24 bits per heavy atom. The van der Waals surface area contributed by atoms with Gasteiger partial charge in [0.05, 0.1) is 25.3 Å². The van der Waals surface area contributed by atoms with Crippen molar-refractivity contribution in [1.29, 1.82) is 0 Å². The molecule has 1 aliphatic rings. The average Bonchev–Trinajstić information content (AvgIpc) is 3.47. The Hall–Kier alpha value is -5.37. The highest BCUT2D eigenvalue weighted by Gasteiger charge is 2.41. The predicted molar refractivity (Wildman–Crippen MR) is 161 cm³/mol. The number of ether oxygens (including phenoxy) is 1. The van der Waals surface area contributed by atoms with Gasteiger partial charge in [-0.3, -0.25) is 25.2 Å². The number of carbonyl (C=O) groups is 3. The van der Waals surface area contributed by atoms with E-state index in [1.165, 1.54) is 0 Å². The Morgan fingerprint density at radius 1 is 0.810 bits per heavy atom. The molecule has 1 aliphatic heterocycles. The number of aryl methyl sites for hydroxylation is 1. The van der Waals surface area contributed by atoms with Crippen molar-refractivity contribution in [3.05, 3.63) is 125 Å². The molecule has 1 unspecified atom stereocenters. The van der Waals surface area contributed by atoms with E-state index in [1.54, 1.807) is 42.3 Å². The number of methoxy groups -OCH3 is 1. The molecular formula is C34H30N4O4. The Kier molecular flexibility index (Phi) is 7.19. The third kappa shape index (κ3) is 4.88. The minimum absolute atomic E-state index is 0.0808. The van der Waals surface area contributed by atoms with E-state index in [0.717, 1.165) is 38.9 Å². The zero-order valence-electron chi connectivity index (χ0n) is 23.3. The maximum Gasteiger partial charge on any atom is 0.258 e.